The summed E-state index contributed by atoms with van der Waals surface area (Å²) in [4.78, 5) is 26.6. The molecule has 1 heterocycles. The standard InChI is InChI=1S/C11H14N2O3S/c14-10(12-4-9-5-17-6-13-9)7-1-2-8(3-7)11(15)16/h5-8H,1-4H2,(H,12,14)(H,15,16)/t7-,8+/m0/s1. The number of aliphatic carboxylic acids is 1. The van der Waals surface area contributed by atoms with Gasteiger partial charge in [-0.2, -0.15) is 0 Å². The Hall–Kier alpha value is -1.43. The maximum Gasteiger partial charge on any atom is 0.306 e. The molecule has 17 heavy (non-hydrogen) atoms. The number of amides is 1. The van der Waals surface area contributed by atoms with Crippen LogP contribution in [0.15, 0.2) is 10.9 Å². The molecule has 1 amide bonds. The van der Waals surface area contributed by atoms with E-state index in [4.69, 9.17) is 5.11 Å². The van der Waals surface area contributed by atoms with Gasteiger partial charge in [0.25, 0.3) is 0 Å². The fourth-order valence-electron chi connectivity index (χ4n) is 2.09. The lowest BCUT2D eigenvalue weighted by Crippen LogP contribution is -2.29. The third-order valence-corrected chi connectivity index (χ3v) is 3.72. The van der Waals surface area contributed by atoms with E-state index in [0.29, 0.717) is 25.8 Å². The summed E-state index contributed by atoms with van der Waals surface area (Å²) < 4.78 is 0. The number of hydrogen-bond donors (Lipinski definition) is 2. The third-order valence-electron chi connectivity index (χ3n) is 3.08. The minimum absolute atomic E-state index is 0.0539. The normalized spacial score (nSPS) is 23.5. The van der Waals surface area contributed by atoms with Crippen LogP contribution in [0.3, 0.4) is 0 Å². The van der Waals surface area contributed by atoms with Crippen molar-refractivity contribution < 1.29 is 14.7 Å². The van der Waals surface area contributed by atoms with Gasteiger partial charge in [0.2, 0.25) is 5.91 Å². The van der Waals surface area contributed by atoms with Crippen LogP contribution in [0, 0.1) is 11.8 Å². The van der Waals surface area contributed by atoms with E-state index in [0.717, 1.165) is 5.69 Å². The monoisotopic (exact) mass is 254 g/mol. The number of nitrogens with one attached hydrogen (secondary N) is 1. The van der Waals surface area contributed by atoms with Gasteiger partial charge in [-0.3, -0.25) is 9.59 Å². The second-order valence-electron chi connectivity index (χ2n) is 4.24. The van der Waals surface area contributed by atoms with Gasteiger partial charge >= 0.3 is 5.97 Å². The van der Waals surface area contributed by atoms with Crippen molar-refractivity contribution in [2.75, 3.05) is 0 Å². The van der Waals surface area contributed by atoms with Gasteiger partial charge in [-0.1, -0.05) is 0 Å². The lowest BCUT2D eigenvalue weighted by molar-refractivity contribution is -0.141. The van der Waals surface area contributed by atoms with E-state index in [-0.39, 0.29) is 17.7 Å². The molecule has 1 saturated carbocycles. The summed E-state index contributed by atoms with van der Waals surface area (Å²) in [6.45, 7) is 0.427. The van der Waals surface area contributed by atoms with Gasteiger partial charge in [-0.15, -0.1) is 11.3 Å². The van der Waals surface area contributed by atoms with Crippen LogP contribution in [0.1, 0.15) is 25.0 Å². The highest BCUT2D eigenvalue weighted by Gasteiger charge is 2.33. The lowest BCUT2D eigenvalue weighted by Gasteiger charge is -2.09. The van der Waals surface area contributed by atoms with Crippen molar-refractivity contribution in [3.8, 4) is 0 Å². The van der Waals surface area contributed by atoms with Gasteiger partial charge in [0.05, 0.1) is 23.7 Å². The number of carbonyl (C=O) groups is 2. The SMILES string of the molecule is O=C(O)[C@@H]1CC[C@H](C(=O)NCc2cscn2)C1. The Labute approximate surface area is 103 Å². The Balaban J connectivity index is 1.79. The van der Waals surface area contributed by atoms with E-state index in [1.807, 2.05) is 5.38 Å². The van der Waals surface area contributed by atoms with Crippen molar-refractivity contribution in [2.45, 2.75) is 25.8 Å². The molecular weight excluding hydrogens is 240 g/mol. The molecule has 1 aromatic rings. The molecule has 0 radical (unpaired) electrons. The topological polar surface area (TPSA) is 79.3 Å². The Morgan fingerprint density at radius 2 is 2.24 bits per heavy atom. The highest BCUT2D eigenvalue weighted by Crippen LogP contribution is 2.31. The molecule has 6 heteroatoms. The van der Waals surface area contributed by atoms with Crippen molar-refractivity contribution >= 4 is 23.2 Å². The third kappa shape index (κ3) is 3.03. The molecule has 92 valence electrons. The van der Waals surface area contributed by atoms with Gasteiger partial charge < -0.3 is 10.4 Å². The van der Waals surface area contributed by atoms with Gasteiger partial charge in [0, 0.05) is 11.3 Å². The fraction of sp³-hybridized carbons (Fsp3) is 0.545. The molecular formula is C11H14N2O3S. The predicted molar refractivity (Wildman–Crippen MR) is 62.4 cm³/mol. The molecule has 1 aliphatic carbocycles. The number of carbonyl (C=O) groups excluding carboxylic acids is 1. The van der Waals surface area contributed by atoms with Crippen LogP contribution in [0.4, 0.5) is 0 Å². The molecule has 5 nitrogen and oxygen atoms in total. The van der Waals surface area contributed by atoms with E-state index in [9.17, 15) is 9.59 Å². The van der Waals surface area contributed by atoms with E-state index < -0.39 is 5.97 Å². The molecule has 0 bridgehead atoms. The van der Waals surface area contributed by atoms with Crippen LogP contribution < -0.4 is 5.32 Å². The number of rotatable bonds is 4. The Morgan fingerprint density at radius 3 is 2.82 bits per heavy atom. The Kier molecular flexibility index (Phi) is 3.73. The molecule has 0 aliphatic heterocycles. The minimum atomic E-state index is -0.792. The van der Waals surface area contributed by atoms with Crippen LogP contribution >= 0.6 is 11.3 Å². The number of hydrogen-bond acceptors (Lipinski definition) is 4. The first-order chi connectivity index (χ1) is 8.16. The smallest absolute Gasteiger partial charge is 0.306 e. The lowest BCUT2D eigenvalue weighted by atomic mass is 10.0. The molecule has 1 aromatic heterocycles. The molecule has 2 N–H and O–H groups in total. The van der Waals surface area contributed by atoms with Gasteiger partial charge in [-0.25, -0.2) is 4.98 Å². The Morgan fingerprint density at radius 1 is 1.47 bits per heavy atom. The van der Waals surface area contributed by atoms with Crippen LogP contribution in [-0.4, -0.2) is 22.0 Å². The molecule has 1 aliphatic rings. The number of aromatic nitrogens is 1. The van der Waals surface area contributed by atoms with Crippen molar-refractivity contribution in [1.82, 2.24) is 10.3 Å². The zero-order chi connectivity index (χ0) is 12.3. The summed E-state index contributed by atoms with van der Waals surface area (Å²) in [5.74, 6) is -1.36. The first-order valence-electron chi connectivity index (χ1n) is 5.54. The van der Waals surface area contributed by atoms with Crippen molar-refractivity contribution in [2.24, 2.45) is 11.8 Å². The number of carboxylic acids is 1. The summed E-state index contributed by atoms with van der Waals surface area (Å²) in [6.07, 6.45) is 1.72. The first kappa shape index (κ1) is 12.0. The molecule has 2 atom stereocenters. The van der Waals surface area contributed by atoms with Crippen LogP contribution in [0.25, 0.3) is 0 Å². The predicted octanol–water partition coefficient (Wildman–Crippen LogP) is 1.26. The second kappa shape index (κ2) is 5.27. The molecule has 1 fully saturated rings. The van der Waals surface area contributed by atoms with E-state index >= 15 is 0 Å². The van der Waals surface area contributed by atoms with Crippen molar-refractivity contribution in [3.05, 3.63) is 16.6 Å². The highest BCUT2D eigenvalue weighted by atomic mass is 32.1. The summed E-state index contributed by atoms with van der Waals surface area (Å²) in [6, 6.07) is 0. The quantitative estimate of drug-likeness (QED) is 0.847. The zero-order valence-electron chi connectivity index (χ0n) is 9.26. The molecule has 0 unspecified atom stereocenters. The van der Waals surface area contributed by atoms with Gasteiger partial charge in [-0.05, 0) is 19.3 Å². The van der Waals surface area contributed by atoms with Crippen molar-refractivity contribution in [3.63, 3.8) is 0 Å². The number of carboxylic acid groups (broad SMARTS) is 1. The fourth-order valence-corrected chi connectivity index (χ4v) is 2.65. The molecule has 0 spiro atoms. The minimum Gasteiger partial charge on any atom is -0.481 e. The van der Waals surface area contributed by atoms with Crippen LogP contribution in [0.2, 0.25) is 0 Å². The average Bonchev–Trinajstić information content (AvgIpc) is 2.96. The van der Waals surface area contributed by atoms with Crippen LogP contribution in [-0.2, 0) is 16.1 Å². The first-order valence-corrected chi connectivity index (χ1v) is 6.48. The largest absolute Gasteiger partial charge is 0.481 e. The average molecular weight is 254 g/mol. The van der Waals surface area contributed by atoms with Crippen molar-refractivity contribution in [1.29, 1.82) is 0 Å². The van der Waals surface area contributed by atoms with Crippen LogP contribution in [0.5, 0.6) is 0 Å². The summed E-state index contributed by atoms with van der Waals surface area (Å²) in [5, 5.41) is 13.5. The van der Waals surface area contributed by atoms with Gasteiger partial charge in [0.15, 0.2) is 0 Å². The number of nitrogens with zero attached hydrogens (tertiary/aromatic N) is 1. The molecule has 0 saturated heterocycles. The summed E-state index contributed by atoms with van der Waals surface area (Å²) >= 11 is 1.49. The van der Waals surface area contributed by atoms with Gasteiger partial charge in [0.1, 0.15) is 0 Å². The summed E-state index contributed by atoms with van der Waals surface area (Å²) in [7, 11) is 0. The maximum absolute atomic E-state index is 11.8. The van der Waals surface area contributed by atoms with E-state index in [1.54, 1.807) is 5.51 Å². The summed E-state index contributed by atoms with van der Waals surface area (Å²) in [5.41, 5.74) is 2.56. The molecule has 2 rings (SSSR count). The zero-order valence-corrected chi connectivity index (χ0v) is 10.1. The maximum atomic E-state index is 11.8. The highest BCUT2D eigenvalue weighted by molar-refractivity contribution is 7.07. The number of thiazole rings is 1. The van der Waals surface area contributed by atoms with E-state index in [2.05, 4.69) is 10.3 Å². The molecule has 0 aromatic carbocycles. The second-order valence-corrected chi connectivity index (χ2v) is 4.96. The Bertz CT molecular complexity index is 405. The van der Waals surface area contributed by atoms with E-state index in [1.165, 1.54) is 11.3 Å².